The van der Waals surface area contributed by atoms with Crippen molar-refractivity contribution in [2.45, 2.75) is 18.5 Å². The number of nitrogens with two attached hydrogens (primary N) is 2. The van der Waals surface area contributed by atoms with Crippen LogP contribution in [-0.2, 0) is 15.1 Å². The molecule has 142 valence electrons. The summed E-state index contributed by atoms with van der Waals surface area (Å²) >= 11 is 0. The van der Waals surface area contributed by atoms with Crippen molar-refractivity contribution in [2.75, 3.05) is 11.1 Å². The van der Waals surface area contributed by atoms with Gasteiger partial charge in [0.1, 0.15) is 0 Å². The number of hydrogen-bond acceptors (Lipinski definition) is 6. The number of aromatic nitrogens is 2. The summed E-state index contributed by atoms with van der Waals surface area (Å²) < 4.78 is 0. The Morgan fingerprint density at radius 1 is 1.21 bits per heavy atom. The lowest BCUT2D eigenvalue weighted by Crippen LogP contribution is -2.59. The number of nitrogens with zero attached hydrogens (tertiary/aromatic N) is 2. The van der Waals surface area contributed by atoms with E-state index in [-0.39, 0.29) is 5.95 Å². The highest BCUT2D eigenvalue weighted by Crippen LogP contribution is 2.34. The van der Waals surface area contributed by atoms with Crippen molar-refractivity contribution < 1.29 is 9.59 Å². The largest absolute Gasteiger partial charge is 0.399 e. The normalized spacial score (nSPS) is 20.8. The number of imidazole rings is 1. The number of carbonyl (C=O) groups is 2. The summed E-state index contributed by atoms with van der Waals surface area (Å²) in [6.45, 7) is 1.81. The molecule has 2 aromatic carbocycles. The molecule has 0 aliphatic carbocycles. The number of aliphatic imine (C=N–C) groups is 1. The molecule has 1 aliphatic heterocycles. The van der Waals surface area contributed by atoms with Crippen molar-refractivity contribution in [1.82, 2.24) is 15.3 Å². The third-order valence-electron chi connectivity index (χ3n) is 4.88. The lowest BCUT2D eigenvalue weighted by Gasteiger charge is -2.32. The molecule has 0 fully saturated rings. The van der Waals surface area contributed by atoms with E-state index in [2.05, 4.69) is 25.6 Å². The van der Waals surface area contributed by atoms with Gasteiger partial charge in [0, 0.05) is 5.69 Å². The number of rotatable bonds is 4. The van der Waals surface area contributed by atoms with E-state index >= 15 is 0 Å². The Morgan fingerprint density at radius 2 is 2.00 bits per heavy atom. The Balaban J connectivity index is 1.72. The molecule has 0 saturated carbocycles. The molecular formula is C19H19N7O2. The summed E-state index contributed by atoms with van der Waals surface area (Å²) in [4.78, 5) is 37.1. The standard InChI is InChI=1S/C19H19N7O2/c1-10-6-7-11(20)8-12(10)19(17(21)28)15(22-9-23-19)16(27)26-18-24-13-4-2-3-5-14(13)25-18/h2-9,15H,20H2,1H3,(H2,21,28)(H,22,23)(H2,24,25,26,27). The summed E-state index contributed by atoms with van der Waals surface area (Å²) in [6, 6.07) is 11.4. The molecule has 1 aromatic heterocycles. The van der Waals surface area contributed by atoms with Gasteiger partial charge in [-0.2, -0.15) is 0 Å². The fraction of sp³-hybridized carbons (Fsp3) is 0.158. The third-order valence-corrected chi connectivity index (χ3v) is 4.88. The number of nitrogen functional groups attached to an aromatic ring is 1. The average Bonchev–Trinajstić information content (AvgIpc) is 3.27. The predicted octanol–water partition coefficient (Wildman–Crippen LogP) is 0.773. The van der Waals surface area contributed by atoms with Gasteiger partial charge in [0.2, 0.25) is 5.95 Å². The third kappa shape index (κ3) is 2.64. The molecular weight excluding hydrogens is 358 g/mol. The second-order valence-electron chi connectivity index (χ2n) is 6.66. The second-order valence-corrected chi connectivity index (χ2v) is 6.66. The number of benzene rings is 2. The minimum absolute atomic E-state index is 0.260. The van der Waals surface area contributed by atoms with E-state index in [4.69, 9.17) is 11.5 Å². The highest BCUT2D eigenvalue weighted by Gasteiger charge is 2.53. The summed E-state index contributed by atoms with van der Waals surface area (Å²) in [7, 11) is 0. The SMILES string of the molecule is Cc1ccc(N)cc1C1(C(N)=O)NC=NC1C(=O)Nc1nc2ccccc2[nH]1. The fourth-order valence-electron chi connectivity index (χ4n) is 3.49. The maximum Gasteiger partial charge on any atom is 0.254 e. The lowest BCUT2D eigenvalue weighted by molar-refractivity contribution is -0.129. The van der Waals surface area contributed by atoms with E-state index in [1.165, 1.54) is 6.34 Å². The van der Waals surface area contributed by atoms with Gasteiger partial charge in [0.05, 0.1) is 17.4 Å². The van der Waals surface area contributed by atoms with E-state index in [1.807, 2.05) is 31.2 Å². The summed E-state index contributed by atoms with van der Waals surface area (Å²) in [5.74, 6) is -1.000. The van der Waals surface area contributed by atoms with Crippen LogP contribution in [0.5, 0.6) is 0 Å². The van der Waals surface area contributed by atoms with Crippen molar-refractivity contribution in [3.63, 3.8) is 0 Å². The van der Waals surface area contributed by atoms with Crippen LogP contribution in [0.4, 0.5) is 11.6 Å². The molecule has 2 unspecified atom stereocenters. The molecule has 9 nitrogen and oxygen atoms in total. The van der Waals surface area contributed by atoms with Crippen LogP contribution in [0.3, 0.4) is 0 Å². The zero-order valence-electron chi connectivity index (χ0n) is 15.1. The minimum Gasteiger partial charge on any atom is -0.399 e. The van der Waals surface area contributed by atoms with Crippen LogP contribution in [0, 0.1) is 6.92 Å². The van der Waals surface area contributed by atoms with E-state index in [0.29, 0.717) is 16.8 Å². The predicted molar refractivity (Wildman–Crippen MR) is 107 cm³/mol. The first-order chi connectivity index (χ1) is 13.4. The summed E-state index contributed by atoms with van der Waals surface area (Å²) in [6.07, 6.45) is 1.32. The van der Waals surface area contributed by atoms with Crippen LogP contribution in [0.1, 0.15) is 11.1 Å². The van der Waals surface area contributed by atoms with Crippen molar-refractivity contribution in [2.24, 2.45) is 10.7 Å². The van der Waals surface area contributed by atoms with Crippen LogP contribution in [-0.4, -0.2) is 34.2 Å². The van der Waals surface area contributed by atoms with E-state index < -0.39 is 23.4 Å². The number of fused-ring (bicyclic) bond motifs is 1. The molecule has 4 rings (SSSR count). The van der Waals surface area contributed by atoms with Gasteiger partial charge in [0.25, 0.3) is 11.8 Å². The monoisotopic (exact) mass is 377 g/mol. The molecule has 2 heterocycles. The maximum absolute atomic E-state index is 13.0. The molecule has 0 spiro atoms. The Hall–Kier alpha value is -3.88. The smallest absolute Gasteiger partial charge is 0.254 e. The van der Waals surface area contributed by atoms with Gasteiger partial charge in [-0.3, -0.25) is 19.9 Å². The Kier molecular flexibility index (Phi) is 3.99. The summed E-state index contributed by atoms with van der Waals surface area (Å²) in [5, 5.41) is 5.57. The highest BCUT2D eigenvalue weighted by molar-refractivity contribution is 6.05. The molecule has 2 atom stereocenters. The van der Waals surface area contributed by atoms with Gasteiger partial charge in [-0.15, -0.1) is 0 Å². The lowest BCUT2D eigenvalue weighted by atomic mass is 9.80. The number of aromatic amines is 1. The van der Waals surface area contributed by atoms with Crippen LogP contribution >= 0.6 is 0 Å². The van der Waals surface area contributed by atoms with Crippen molar-refractivity contribution in [3.8, 4) is 0 Å². The Labute approximate surface area is 160 Å². The van der Waals surface area contributed by atoms with Crippen molar-refractivity contribution >= 4 is 40.8 Å². The first-order valence-corrected chi connectivity index (χ1v) is 8.63. The number of amides is 2. The number of aryl methyl sites for hydroxylation is 1. The summed E-state index contributed by atoms with van der Waals surface area (Å²) in [5.41, 5.74) is 13.3. The molecule has 28 heavy (non-hydrogen) atoms. The molecule has 1 aliphatic rings. The van der Waals surface area contributed by atoms with Crippen LogP contribution in [0.25, 0.3) is 11.0 Å². The number of H-pyrrole nitrogens is 1. The van der Waals surface area contributed by atoms with E-state index in [1.54, 1.807) is 18.2 Å². The van der Waals surface area contributed by atoms with Gasteiger partial charge in [-0.05, 0) is 42.3 Å². The maximum atomic E-state index is 13.0. The van der Waals surface area contributed by atoms with Crippen LogP contribution < -0.4 is 22.1 Å². The topological polar surface area (TPSA) is 151 Å². The van der Waals surface area contributed by atoms with Crippen molar-refractivity contribution in [1.29, 1.82) is 0 Å². The number of para-hydroxylation sites is 2. The van der Waals surface area contributed by atoms with Gasteiger partial charge in [-0.25, -0.2) is 4.98 Å². The van der Waals surface area contributed by atoms with Crippen LogP contribution in [0.15, 0.2) is 47.5 Å². The Morgan fingerprint density at radius 3 is 2.75 bits per heavy atom. The zero-order chi connectivity index (χ0) is 19.9. The molecule has 7 N–H and O–H groups in total. The number of carbonyl (C=O) groups excluding carboxylic acids is 2. The number of hydrogen-bond donors (Lipinski definition) is 5. The van der Waals surface area contributed by atoms with Gasteiger partial charge >= 0.3 is 0 Å². The highest BCUT2D eigenvalue weighted by atomic mass is 16.2. The van der Waals surface area contributed by atoms with Crippen LogP contribution in [0.2, 0.25) is 0 Å². The van der Waals surface area contributed by atoms with E-state index in [0.717, 1.165) is 11.1 Å². The molecule has 2 amide bonds. The van der Waals surface area contributed by atoms with Crippen molar-refractivity contribution in [3.05, 3.63) is 53.6 Å². The first-order valence-electron chi connectivity index (χ1n) is 8.63. The van der Waals surface area contributed by atoms with Gasteiger partial charge < -0.3 is 21.8 Å². The van der Waals surface area contributed by atoms with E-state index in [9.17, 15) is 9.59 Å². The molecule has 3 aromatic rings. The minimum atomic E-state index is -1.55. The number of nitrogens with one attached hydrogen (secondary N) is 3. The first kappa shape index (κ1) is 17.5. The Bertz CT molecular complexity index is 1090. The van der Waals surface area contributed by atoms with Gasteiger partial charge in [-0.1, -0.05) is 18.2 Å². The quantitative estimate of drug-likeness (QED) is 0.425. The number of anilines is 2. The molecule has 0 bridgehead atoms. The average molecular weight is 377 g/mol. The zero-order valence-corrected chi connectivity index (χ0v) is 15.1. The molecule has 0 saturated heterocycles. The molecule has 9 heteroatoms. The number of primary amides is 1. The fourth-order valence-corrected chi connectivity index (χ4v) is 3.49. The second kappa shape index (κ2) is 6.38. The van der Waals surface area contributed by atoms with Gasteiger partial charge in [0.15, 0.2) is 11.6 Å². The molecule has 0 radical (unpaired) electrons.